The number of benzene rings is 1. The number of hydrogen-bond donors (Lipinski definition) is 2. The van der Waals surface area contributed by atoms with Gasteiger partial charge in [0.15, 0.2) is 0 Å². The predicted molar refractivity (Wildman–Crippen MR) is 109 cm³/mol. The highest BCUT2D eigenvalue weighted by Crippen LogP contribution is 2.22. The van der Waals surface area contributed by atoms with Crippen LogP contribution in [-0.2, 0) is 0 Å². The molecule has 3 aromatic rings. The molecule has 2 aromatic heterocycles. The average Bonchev–Trinajstić information content (AvgIpc) is 3.39. The minimum atomic E-state index is -0.151. The third-order valence-electron chi connectivity index (χ3n) is 4.95. The second-order valence-corrected chi connectivity index (χ2v) is 7.33. The summed E-state index contributed by atoms with van der Waals surface area (Å²) in [7, 11) is 0. The van der Waals surface area contributed by atoms with Gasteiger partial charge in [-0.05, 0) is 44.0 Å². The van der Waals surface area contributed by atoms with Crippen molar-refractivity contribution in [3.05, 3.63) is 72.4 Å². The number of pyridine rings is 1. The van der Waals surface area contributed by atoms with Crippen molar-refractivity contribution in [3.63, 3.8) is 0 Å². The van der Waals surface area contributed by atoms with Crippen LogP contribution in [0, 0.1) is 0 Å². The van der Waals surface area contributed by atoms with Gasteiger partial charge in [0.2, 0.25) is 0 Å². The zero-order chi connectivity index (χ0) is 20.2. The van der Waals surface area contributed by atoms with Crippen LogP contribution in [0.15, 0.2) is 61.3 Å². The van der Waals surface area contributed by atoms with Gasteiger partial charge >= 0.3 is 0 Å². The number of hydrogen-bond acceptors (Lipinski definition) is 4. The first-order valence-electron chi connectivity index (χ1n) is 9.73. The molecule has 0 radical (unpaired) electrons. The summed E-state index contributed by atoms with van der Waals surface area (Å²) in [5.41, 5.74) is 2.58. The van der Waals surface area contributed by atoms with E-state index in [2.05, 4.69) is 20.6 Å². The molecule has 0 unspecified atom stereocenters. The highest BCUT2D eigenvalue weighted by Gasteiger charge is 2.24. The minimum absolute atomic E-state index is 0.0847. The van der Waals surface area contributed by atoms with Crippen LogP contribution in [0.2, 0.25) is 0 Å². The molecule has 29 heavy (non-hydrogen) atoms. The number of carbonyl (C=O) groups is 2. The van der Waals surface area contributed by atoms with Gasteiger partial charge in [-0.2, -0.15) is 0 Å². The summed E-state index contributed by atoms with van der Waals surface area (Å²) in [5, 5.41) is 5.93. The summed E-state index contributed by atoms with van der Waals surface area (Å²) in [5.74, 6) is -0.236. The molecule has 148 valence electrons. The standard InChI is InChI=1S/C22H23N5O2/c1-15(27-10-9-23-14-27)13-25-21(28)17-4-2-3-16(11-17)20-12-18(7-8-24-20)22(29)26-19-5-6-19/h2-4,7-12,14-15,19H,5-6,13H2,1H3,(H,25,28)(H,26,29)/t15-/m0/s1. The largest absolute Gasteiger partial charge is 0.350 e. The molecule has 1 aromatic carbocycles. The second-order valence-electron chi connectivity index (χ2n) is 7.33. The molecule has 2 N–H and O–H groups in total. The number of imidazole rings is 1. The van der Waals surface area contributed by atoms with Crippen molar-refractivity contribution in [1.82, 2.24) is 25.2 Å². The van der Waals surface area contributed by atoms with Gasteiger partial charge in [0.25, 0.3) is 11.8 Å². The molecule has 2 amide bonds. The molecule has 1 aliphatic rings. The monoisotopic (exact) mass is 389 g/mol. The van der Waals surface area contributed by atoms with Crippen molar-refractivity contribution in [2.75, 3.05) is 6.54 Å². The van der Waals surface area contributed by atoms with Gasteiger partial charge in [-0.15, -0.1) is 0 Å². The van der Waals surface area contributed by atoms with E-state index in [1.54, 1.807) is 43.0 Å². The second kappa shape index (κ2) is 8.26. The van der Waals surface area contributed by atoms with E-state index in [1.807, 2.05) is 29.8 Å². The molecule has 1 aliphatic carbocycles. The van der Waals surface area contributed by atoms with E-state index >= 15 is 0 Å². The third-order valence-corrected chi connectivity index (χ3v) is 4.95. The lowest BCUT2D eigenvalue weighted by atomic mass is 10.1. The molecule has 0 spiro atoms. The number of rotatable bonds is 7. The maximum Gasteiger partial charge on any atom is 0.251 e. The van der Waals surface area contributed by atoms with E-state index in [0.29, 0.717) is 29.4 Å². The number of amides is 2. The Bertz CT molecular complexity index is 1010. The van der Waals surface area contributed by atoms with Crippen LogP contribution >= 0.6 is 0 Å². The molecule has 7 nitrogen and oxygen atoms in total. The summed E-state index contributed by atoms with van der Waals surface area (Å²) < 4.78 is 1.94. The number of aromatic nitrogens is 3. The Hall–Kier alpha value is -3.48. The first kappa shape index (κ1) is 18.9. The fraction of sp³-hybridized carbons (Fsp3) is 0.273. The Labute approximate surface area is 169 Å². The first-order chi connectivity index (χ1) is 14.1. The van der Waals surface area contributed by atoms with Crippen molar-refractivity contribution < 1.29 is 9.59 Å². The lowest BCUT2D eigenvalue weighted by Crippen LogP contribution is -2.29. The first-order valence-corrected chi connectivity index (χ1v) is 9.73. The fourth-order valence-electron chi connectivity index (χ4n) is 3.02. The van der Waals surface area contributed by atoms with Gasteiger partial charge in [-0.3, -0.25) is 14.6 Å². The van der Waals surface area contributed by atoms with Gasteiger partial charge in [0, 0.05) is 53.9 Å². The smallest absolute Gasteiger partial charge is 0.251 e. The van der Waals surface area contributed by atoms with E-state index in [-0.39, 0.29) is 17.9 Å². The quantitative estimate of drug-likeness (QED) is 0.650. The van der Waals surface area contributed by atoms with Crippen LogP contribution in [0.1, 0.15) is 46.5 Å². The van der Waals surface area contributed by atoms with Crippen LogP contribution in [0.25, 0.3) is 11.3 Å². The van der Waals surface area contributed by atoms with Crippen LogP contribution in [0.3, 0.4) is 0 Å². The van der Waals surface area contributed by atoms with E-state index in [4.69, 9.17) is 0 Å². The summed E-state index contributed by atoms with van der Waals surface area (Å²) in [6.45, 7) is 2.51. The normalized spacial score (nSPS) is 14.2. The van der Waals surface area contributed by atoms with Gasteiger partial charge in [-0.1, -0.05) is 12.1 Å². The van der Waals surface area contributed by atoms with Crippen LogP contribution in [0.4, 0.5) is 0 Å². The van der Waals surface area contributed by atoms with Crippen molar-refractivity contribution >= 4 is 11.8 Å². The van der Waals surface area contributed by atoms with Crippen LogP contribution in [-0.4, -0.2) is 38.9 Å². The van der Waals surface area contributed by atoms with E-state index in [1.165, 1.54) is 0 Å². The summed E-state index contributed by atoms with van der Waals surface area (Å²) in [4.78, 5) is 33.3. The molecular weight excluding hydrogens is 366 g/mol. The Morgan fingerprint density at radius 3 is 2.72 bits per heavy atom. The Kier molecular flexibility index (Phi) is 5.37. The van der Waals surface area contributed by atoms with E-state index in [0.717, 1.165) is 18.4 Å². The molecule has 1 fully saturated rings. The minimum Gasteiger partial charge on any atom is -0.350 e. The molecule has 7 heteroatoms. The van der Waals surface area contributed by atoms with Gasteiger partial charge in [-0.25, -0.2) is 4.98 Å². The maximum absolute atomic E-state index is 12.6. The maximum atomic E-state index is 12.6. The lowest BCUT2D eigenvalue weighted by Gasteiger charge is -2.14. The predicted octanol–water partition coefficient (Wildman–Crippen LogP) is 2.83. The molecule has 0 saturated heterocycles. The number of carbonyl (C=O) groups excluding carboxylic acids is 2. The van der Waals surface area contributed by atoms with E-state index in [9.17, 15) is 9.59 Å². The Morgan fingerprint density at radius 2 is 1.97 bits per heavy atom. The molecular formula is C22H23N5O2. The van der Waals surface area contributed by atoms with Gasteiger partial charge < -0.3 is 15.2 Å². The zero-order valence-electron chi connectivity index (χ0n) is 16.2. The molecule has 1 saturated carbocycles. The van der Waals surface area contributed by atoms with Crippen molar-refractivity contribution in [2.45, 2.75) is 31.8 Å². The highest BCUT2D eigenvalue weighted by molar-refractivity contribution is 5.97. The highest BCUT2D eigenvalue weighted by atomic mass is 16.2. The average molecular weight is 389 g/mol. The summed E-state index contributed by atoms with van der Waals surface area (Å²) in [6, 6.07) is 11.1. The van der Waals surface area contributed by atoms with Crippen molar-refractivity contribution in [1.29, 1.82) is 0 Å². The molecule has 0 aliphatic heterocycles. The zero-order valence-corrected chi connectivity index (χ0v) is 16.2. The molecule has 0 bridgehead atoms. The van der Waals surface area contributed by atoms with Crippen molar-refractivity contribution in [3.8, 4) is 11.3 Å². The Balaban J connectivity index is 1.45. The topological polar surface area (TPSA) is 88.9 Å². The van der Waals surface area contributed by atoms with E-state index < -0.39 is 0 Å². The summed E-state index contributed by atoms with van der Waals surface area (Å²) in [6.07, 6.45) is 9.02. The van der Waals surface area contributed by atoms with Crippen molar-refractivity contribution in [2.24, 2.45) is 0 Å². The van der Waals surface area contributed by atoms with Gasteiger partial charge in [0.05, 0.1) is 12.0 Å². The molecule has 2 heterocycles. The third kappa shape index (κ3) is 4.68. The lowest BCUT2D eigenvalue weighted by molar-refractivity contribution is 0.0941. The van der Waals surface area contributed by atoms with Crippen LogP contribution < -0.4 is 10.6 Å². The molecule has 1 atom stereocenters. The fourth-order valence-corrected chi connectivity index (χ4v) is 3.02. The van der Waals surface area contributed by atoms with Crippen LogP contribution in [0.5, 0.6) is 0 Å². The number of nitrogens with one attached hydrogen (secondary N) is 2. The SMILES string of the molecule is C[C@@H](CNC(=O)c1cccc(-c2cc(C(=O)NC3CC3)ccn2)c1)n1ccnc1. The Morgan fingerprint density at radius 1 is 1.14 bits per heavy atom. The van der Waals surface area contributed by atoms with Gasteiger partial charge in [0.1, 0.15) is 0 Å². The molecule has 4 rings (SSSR count). The summed E-state index contributed by atoms with van der Waals surface area (Å²) >= 11 is 0. The number of nitrogens with zero attached hydrogens (tertiary/aromatic N) is 3.